The van der Waals surface area contributed by atoms with Gasteiger partial charge in [0.15, 0.2) is 0 Å². The van der Waals surface area contributed by atoms with Gasteiger partial charge in [-0.1, -0.05) is 20.8 Å². The van der Waals surface area contributed by atoms with Gasteiger partial charge in [0.25, 0.3) is 0 Å². The molecule has 0 aliphatic heterocycles. The number of imidazole rings is 1. The van der Waals surface area contributed by atoms with Crippen molar-refractivity contribution < 1.29 is 0 Å². The molecule has 1 aromatic rings. The molecule has 3 nitrogen and oxygen atoms in total. The van der Waals surface area contributed by atoms with Crippen LogP contribution in [0.3, 0.4) is 0 Å². The Hall–Kier alpha value is -0.830. The van der Waals surface area contributed by atoms with Crippen LogP contribution < -0.4 is 5.32 Å². The fourth-order valence-electron chi connectivity index (χ4n) is 3.35. The van der Waals surface area contributed by atoms with Crippen molar-refractivity contribution >= 4 is 0 Å². The van der Waals surface area contributed by atoms with E-state index in [9.17, 15) is 0 Å². The van der Waals surface area contributed by atoms with Gasteiger partial charge in [0.1, 0.15) is 5.82 Å². The molecule has 1 aliphatic rings. The third-order valence-corrected chi connectivity index (χ3v) is 4.59. The summed E-state index contributed by atoms with van der Waals surface area (Å²) in [5.41, 5.74) is 0. The Morgan fingerprint density at radius 1 is 1.44 bits per heavy atom. The summed E-state index contributed by atoms with van der Waals surface area (Å²) in [5, 5.41) is 3.50. The number of nitrogens with one attached hydrogen (secondary N) is 1. The molecule has 0 spiro atoms. The average molecular weight is 249 g/mol. The molecule has 1 N–H and O–H groups in total. The lowest BCUT2D eigenvalue weighted by atomic mass is 9.77. The van der Waals surface area contributed by atoms with E-state index < -0.39 is 0 Å². The van der Waals surface area contributed by atoms with Gasteiger partial charge < -0.3 is 9.88 Å². The lowest BCUT2D eigenvalue weighted by Gasteiger charge is -2.39. The van der Waals surface area contributed by atoms with E-state index in [0.29, 0.717) is 12.1 Å². The number of hydrogen-bond donors (Lipinski definition) is 1. The maximum atomic E-state index is 4.48. The van der Waals surface area contributed by atoms with Crippen LogP contribution in [0.15, 0.2) is 12.4 Å². The Labute approximate surface area is 111 Å². The first-order chi connectivity index (χ1) is 8.67. The van der Waals surface area contributed by atoms with Gasteiger partial charge in [-0.2, -0.15) is 0 Å². The van der Waals surface area contributed by atoms with Crippen LogP contribution >= 0.6 is 0 Å². The van der Waals surface area contributed by atoms with Crippen molar-refractivity contribution in [2.75, 3.05) is 7.05 Å². The van der Waals surface area contributed by atoms with Gasteiger partial charge in [-0.05, 0) is 38.1 Å². The van der Waals surface area contributed by atoms with E-state index >= 15 is 0 Å². The van der Waals surface area contributed by atoms with Crippen molar-refractivity contribution in [1.82, 2.24) is 14.9 Å². The molecule has 18 heavy (non-hydrogen) atoms. The van der Waals surface area contributed by atoms with Crippen molar-refractivity contribution in [2.24, 2.45) is 11.8 Å². The summed E-state index contributed by atoms with van der Waals surface area (Å²) >= 11 is 0. The Morgan fingerprint density at radius 2 is 2.22 bits per heavy atom. The van der Waals surface area contributed by atoms with Crippen LogP contribution in [-0.4, -0.2) is 22.6 Å². The average Bonchev–Trinajstić information content (AvgIpc) is 2.85. The minimum atomic E-state index is 0.577. The quantitative estimate of drug-likeness (QED) is 0.889. The van der Waals surface area contributed by atoms with Crippen molar-refractivity contribution in [3.8, 4) is 0 Å². The molecule has 1 heterocycles. The molecule has 3 unspecified atom stereocenters. The maximum Gasteiger partial charge on any atom is 0.108 e. The standard InChI is InChI=1S/C15H27N3/c1-5-15-17-8-9-18(15)14-10-12(11(2)3)6-7-13(14)16-4/h8-9,11-14,16H,5-7,10H2,1-4H3. The number of aromatic nitrogens is 2. The number of hydrogen-bond acceptors (Lipinski definition) is 2. The van der Waals surface area contributed by atoms with Crippen molar-refractivity contribution in [3.63, 3.8) is 0 Å². The van der Waals surface area contributed by atoms with Crippen LogP contribution in [0.1, 0.15) is 51.9 Å². The van der Waals surface area contributed by atoms with Crippen LogP contribution in [0.2, 0.25) is 0 Å². The summed E-state index contributed by atoms with van der Waals surface area (Å²) < 4.78 is 2.41. The third-order valence-electron chi connectivity index (χ3n) is 4.59. The highest BCUT2D eigenvalue weighted by atomic mass is 15.1. The maximum absolute atomic E-state index is 4.48. The minimum Gasteiger partial charge on any atom is -0.330 e. The molecule has 2 rings (SSSR count). The van der Waals surface area contributed by atoms with E-state index in [1.165, 1.54) is 25.1 Å². The summed E-state index contributed by atoms with van der Waals surface area (Å²) in [6.45, 7) is 6.90. The van der Waals surface area contributed by atoms with E-state index in [-0.39, 0.29) is 0 Å². The van der Waals surface area contributed by atoms with Crippen LogP contribution in [-0.2, 0) is 6.42 Å². The molecule has 3 heteroatoms. The predicted octanol–water partition coefficient (Wildman–Crippen LogP) is 3.03. The number of nitrogens with zero attached hydrogens (tertiary/aromatic N) is 2. The molecule has 1 aliphatic carbocycles. The first-order valence-electron chi connectivity index (χ1n) is 7.36. The molecular formula is C15H27N3. The number of rotatable bonds is 4. The SMILES string of the molecule is CCc1nccn1C1CC(C(C)C)CCC1NC. The Balaban J connectivity index is 2.21. The van der Waals surface area contributed by atoms with Crippen molar-refractivity contribution in [2.45, 2.75) is 58.5 Å². The predicted molar refractivity (Wildman–Crippen MR) is 75.7 cm³/mol. The van der Waals surface area contributed by atoms with Gasteiger partial charge in [0, 0.05) is 24.9 Å². The fourth-order valence-corrected chi connectivity index (χ4v) is 3.35. The molecule has 0 radical (unpaired) electrons. The molecule has 1 aromatic heterocycles. The second kappa shape index (κ2) is 5.87. The van der Waals surface area contributed by atoms with Gasteiger partial charge in [0.2, 0.25) is 0 Å². The highest BCUT2D eigenvalue weighted by Crippen LogP contribution is 2.37. The molecule has 102 valence electrons. The van der Waals surface area contributed by atoms with Crippen LogP contribution in [0, 0.1) is 11.8 Å². The lowest BCUT2D eigenvalue weighted by molar-refractivity contribution is 0.174. The molecule has 0 aromatic carbocycles. The highest BCUT2D eigenvalue weighted by Gasteiger charge is 2.32. The smallest absolute Gasteiger partial charge is 0.108 e. The zero-order valence-corrected chi connectivity index (χ0v) is 12.2. The summed E-state index contributed by atoms with van der Waals surface area (Å²) in [7, 11) is 2.09. The van der Waals surface area contributed by atoms with E-state index in [0.717, 1.165) is 18.3 Å². The normalized spacial score (nSPS) is 28.8. The highest BCUT2D eigenvalue weighted by molar-refractivity contribution is 5.00. The second-order valence-electron chi connectivity index (χ2n) is 5.88. The summed E-state index contributed by atoms with van der Waals surface area (Å²) in [6.07, 6.45) is 9.06. The van der Waals surface area contributed by atoms with E-state index in [1.54, 1.807) is 0 Å². The van der Waals surface area contributed by atoms with Gasteiger partial charge in [-0.15, -0.1) is 0 Å². The van der Waals surface area contributed by atoms with Crippen LogP contribution in [0.25, 0.3) is 0 Å². The summed E-state index contributed by atoms with van der Waals surface area (Å²) in [6, 6.07) is 1.17. The largest absolute Gasteiger partial charge is 0.330 e. The molecular weight excluding hydrogens is 222 g/mol. The molecule has 0 amide bonds. The number of likely N-dealkylation sites (N-methyl/N-ethyl adjacent to an activating group) is 1. The van der Waals surface area contributed by atoms with Crippen LogP contribution in [0.4, 0.5) is 0 Å². The van der Waals surface area contributed by atoms with Gasteiger partial charge in [-0.3, -0.25) is 0 Å². The Morgan fingerprint density at radius 3 is 2.83 bits per heavy atom. The number of aryl methyl sites for hydroxylation is 1. The Bertz CT molecular complexity index is 370. The first kappa shape index (κ1) is 13.6. The molecule has 1 fully saturated rings. The lowest BCUT2D eigenvalue weighted by Crippen LogP contribution is -2.41. The summed E-state index contributed by atoms with van der Waals surface area (Å²) in [4.78, 5) is 4.48. The summed E-state index contributed by atoms with van der Waals surface area (Å²) in [5.74, 6) is 2.87. The fraction of sp³-hybridized carbons (Fsp3) is 0.800. The van der Waals surface area contributed by atoms with E-state index in [4.69, 9.17) is 0 Å². The van der Waals surface area contributed by atoms with Crippen molar-refractivity contribution in [3.05, 3.63) is 18.2 Å². The third kappa shape index (κ3) is 2.61. The molecule has 1 saturated carbocycles. The van der Waals surface area contributed by atoms with E-state index in [2.05, 4.69) is 48.9 Å². The van der Waals surface area contributed by atoms with Gasteiger partial charge >= 0.3 is 0 Å². The minimum absolute atomic E-state index is 0.577. The van der Waals surface area contributed by atoms with Gasteiger partial charge in [-0.25, -0.2) is 4.98 Å². The monoisotopic (exact) mass is 249 g/mol. The second-order valence-corrected chi connectivity index (χ2v) is 5.88. The van der Waals surface area contributed by atoms with Gasteiger partial charge in [0.05, 0.1) is 6.04 Å². The topological polar surface area (TPSA) is 29.9 Å². The van der Waals surface area contributed by atoms with E-state index in [1.807, 2.05) is 6.20 Å². The van der Waals surface area contributed by atoms with Crippen molar-refractivity contribution in [1.29, 1.82) is 0 Å². The zero-order chi connectivity index (χ0) is 13.1. The molecule has 0 bridgehead atoms. The zero-order valence-electron chi connectivity index (χ0n) is 12.2. The Kier molecular flexibility index (Phi) is 4.44. The first-order valence-corrected chi connectivity index (χ1v) is 7.36. The molecule has 3 atom stereocenters. The molecule has 0 saturated heterocycles. The van der Waals surface area contributed by atoms with Crippen LogP contribution in [0.5, 0.6) is 0 Å².